The molecule has 0 aromatic heterocycles. The van der Waals surface area contributed by atoms with Crippen LogP contribution in [0.25, 0.3) is 0 Å². The molecular formula is C17H18FNO. The molecular weight excluding hydrogens is 253 g/mol. The highest BCUT2D eigenvalue weighted by Gasteiger charge is 2.10. The predicted octanol–water partition coefficient (Wildman–Crippen LogP) is 3.67. The van der Waals surface area contributed by atoms with Crippen LogP contribution in [0, 0.1) is 12.7 Å². The van der Waals surface area contributed by atoms with Crippen LogP contribution in [-0.4, -0.2) is 12.3 Å². The molecule has 20 heavy (non-hydrogen) atoms. The highest BCUT2D eigenvalue weighted by atomic mass is 19.1. The molecule has 2 nitrogen and oxygen atoms in total. The van der Waals surface area contributed by atoms with Crippen LogP contribution in [0.3, 0.4) is 0 Å². The first kappa shape index (κ1) is 14.4. The predicted molar refractivity (Wildman–Crippen MR) is 78.3 cm³/mol. The third kappa shape index (κ3) is 3.52. The van der Waals surface area contributed by atoms with Gasteiger partial charge in [-0.05, 0) is 43.2 Å². The molecule has 104 valence electrons. The quantitative estimate of drug-likeness (QED) is 0.841. The summed E-state index contributed by atoms with van der Waals surface area (Å²) in [6, 6.07) is 14.5. The van der Waals surface area contributed by atoms with E-state index < -0.39 is 0 Å². The molecule has 1 unspecified atom stereocenters. The third-order valence-electron chi connectivity index (χ3n) is 3.35. The second kappa shape index (κ2) is 6.44. The fourth-order valence-electron chi connectivity index (χ4n) is 2.03. The summed E-state index contributed by atoms with van der Waals surface area (Å²) in [4.78, 5) is 12.1. The Balaban J connectivity index is 1.97. The Morgan fingerprint density at radius 3 is 2.55 bits per heavy atom. The van der Waals surface area contributed by atoms with Crippen LogP contribution in [0.5, 0.6) is 0 Å². The van der Waals surface area contributed by atoms with Crippen molar-refractivity contribution in [1.82, 2.24) is 5.32 Å². The van der Waals surface area contributed by atoms with Crippen molar-refractivity contribution >= 4 is 5.78 Å². The van der Waals surface area contributed by atoms with Crippen LogP contribution < -0.4 is 5.32 Å². The van der Waals surface area contributed by atoms with Gasteiger partial charge in [-0.1, -0.05) is 30.3 Å². The van der Waals surface area contributed by atoms with Gasteiger partial charge in [0.15, 0.2) is 5.78 Å². The summed E-state index contributed by atoms with van der Waals surface area (Å²) in [5.41, 5.74) is 2.17. The molecule has 0 saturated heterocycles. The van der Waals surface area contributed by atoms with Gasteiger partial charge in [-0.15, -0.1) is 0 Å². The van der Waals surface area contributed by atoms with Gasteiger partial charge in [-0.2, -0.15) is 0 Å². The molecule has 0 amide bonds. The van der Waals surface area contributed by atoms with Crippen molar-refractivity contribution in [1.29, 1.82) is 0 Å². The van der Waals surface area contributed by atoms with E-state index in [2.05, 4.69) is 5.32 Å². The van der Waals surface area contributed by atoms with E-state index in [1.807, 2.05) is 37.3 Å². The van der Waals surface area contributed by atoms with E-state index in [1.54, 1.807) is 13.0 Å². The van der Waals surface area contributed by atoms with E-state index in [4.69, 9.17) is 0 Å². The van der Waals surface area contributed by atoms with Gasteiger partial charge in [0.1, 0.15) is 5.82 Å². The smallest absolute Gasteiger partial charge is 0.176 e. The van der Waals surface area contributed by atoms with Crippen molar-refractivity contribution in [3.8, 4) is 0 Å². The van der Waals surface area contributed by atoms with E-state index in [9.17, 15) is 9.18 Å². The van der Waals surface area contributed by atoms with Crippen LogP contribution in [0.1, 0.15) is 34.5 Å². The van der Waals surface area contributed by atoms with E-state index >= 15 is 0 Å². The molecule has 1 atom stereocenters. The number of Topliss-reactive ketones (excluding diaryl/α,β-unsaturated/α-hetero) is 1. The second-order valence-corrected chi connectivity index (χ2v) is 4.90. The average Bonchev–Trinajstić information content (AvgIpc) is 2.48. The number of ketones is 1. The van der Waals surface area contributed by atoms with Gasteiger partial charge in [-0.3, -0.25) is 4.79 Å². The van der Waals surface area contributed by atoms with Crippen molar-refractivity contribution in [3.05, 3.63) is 71.0 Å². The van der Waals surface area contributed by atoms with E-state index in [0.29, 0.717) is 11.1 Å². The minimum Gasteiger partial charge on any atom is -0.303 e. The summed E-state index contributed by atoms with van der Waals surface area (Å²) in [6.07, 6.45) is 0. The zero-order chi connectivity index (χ0) is 14.5. The first-order valence-electron chi connectivity index (χ1n) is 6.65. The summed E-state index contributed by atoms with van der Waals surface area (Å²) >= 11 is 0. The molecule has 2 rings (SSSR count). The number of aryl methyl sites for hydroxylation is 1. The zero-order valence-corrected chi connectivity index (χ0v) is 11.7. The minimum atomic E-state index is -0.285. The highest BCUT2D eigenvalue weighted by Crippen LogP contribution is 2.12. The first-order chi connectivity index (χ1) is 9.58. The molecule has 0 radical (unpaired) electrons. The van der Waals surface area contributed by atoms with E-state index in [0.717, 1.165) is 5.56 Å². The number of hydrogen-bond donors (Lipinski definition) is 1. The summed E-state index contributed by atoms with van der Waals surface area (Å²) in [6.45, 7) is 3.91. The standard InChI is InChI=1S/C17H18FNO/c1-12-10-15(8-9-16(12)18)17(20)11-19-13(2)14-6-4-3-5-7-14/h3-10,13,19H,11H2,1-2H3. The molecule has 2 aromatic carbocycles. The van der Waals surface area contributed by atoms with Crippen LogP contribution in [-0.2, 0) is 0 Å². The monoisotopic (exact) mass is 271 g/mol. The Morgan fingerprint density at radius 2 is 1.90 bits per heavy atom. The molecule has 0 aliphatic rings. The first-order valence-corrected chi connectivity index (χ1v) is 6.65. The lowest BCUT2D eigenvalue weighted by Crippen LogP contribution is -2.26. The Morgan fingerprint density at radius 1 is 1.20 bits per heavy atom. The number of nitrogens with one attached hydrogen (secondary N) is 1. The molecule has 0 aliphatic heterocycles. The Kier molecular flexibility index (Phi) is 4.64. The van der Waals surface area contributed by atoms with Crippen LogP contribution in [0.2, 0.25) is 0 Å². The Bertz CT molecular complexity index is 595. The molecule has 3 heteroatoms. The normalized spacial score (nSPS) is 12.2. The van der Waals surface area contributed by atoms with Crippen LogP contribution in [0.4, 0.5) is 4.39 Å². The van der Waals surface area contributed by atoms with Gasteiger partial charge in [0.25, 0.3) is 0 Å². The number of carbonyl (C=O) groups is 1. The highest BCUT2D eigenvalue weighted by molar-refractivity contribution is 5.97. The van der Waals surface area contributed by atoms with Crippen molar-refractivity contribution in [2.24, 2.45) is 0 Å². The molecule has 0 heterocycles. The molecule has 2 aromatic rings. The molecule has 0 saturated carbocycles. The largest absolute Gasteiger partial charge is 0.303 e. The summed E-state index contributed by atoms with van der Waals surface area (Å²) in [7, 11) is 0. The van der Waals surface area contributed by atoms with Gasteiger partial charge in [0.2, 0.25) is 0 Å². The van der Waals surface area contributed by atoms with Gasteiger partial charge in [0.05, 0.1) is 6.54 Å². The fraction of sp³-hybridized carbons (Fsp3) is 0.235. The molecule has 1 N–H and O–H groups in total. The Labute approximate surface area is 118 Å². The maximum Gasteiger partial charge on any atom is 0.176 e. The number of rotatable bonds is 5. The van der Waals surface area contributed by atoms with Crippen LogP contribution >= 0.6 is 0 Å². The van der Waals surface area contributed by atoms with Crippen molar-refractivity contribution in [2.75, 3.05) is 6.54 Å². The number of halogens is 1. The van der Waals surface area contributed by atoms with Crippen molar-refractivity contribution < 1.29 is 9.18 Å². The summed E-state index contributed by atoms with van der Waals surface area (Å²) in [5.74, 6) is -0.317. The van der Waals surface area contributed by atoms with Crippen molar-refractivity contribution in [2.45, 2.75) is 19.9 Å². The number of benzene rings is 2. The van der Waals surface area contributed by atoms with Crippen LogP contribution in [0.15, 0.2) is 48.5 Å². The fourth-order valence-corrected chi connectivity index (χ4v) is 2.03. The average molecular weight is 271 g/mol. The second-order valence-electron chi connectivity index (χ2n) is 4.90. The summed E-state index contributed by atoms with van der Waals surface area (Å²) in [5, 5.41) is 3.19. The van der Waals surface area contributed by atoms with Gasteiger partial charge < -0.3 is 5.32 Å². The number of carbonyl (C=O) groups excluding carboxylic acids is 1. The SMILES string of the molecule is Cc1cc(C(=O)CNC(C)c2ccccc2)ccc1F. The maximum absolute atomic E-state index is 13.2. The lowest BCUT2D eigenvalue weighted by molar-refractivity contribution is 0.0988. The number of hydrogen-bond acceptors (Lipinski definition) is 2. The molecule has 0 fully saturated rings. The maximum atomic E-state index is 13.2. The summed E-state index contributed by atoms with van der Waals surface area (Å²) < 4.78 is 13.2. The topological polar surface area (TPSA) is 29.1 Å². The van der Waals surface area contributed by atoms with Gasteiger partial charge in [0, 0.05) is 11.6 Å². The lowest BCUT2D eigenvalue weighted by atomic mass is 10.1. The lowest BCUT2D eigenvalue weighted by Gasteiger charge is -2.13. The molecule has 0 bridgehead atoms. The molecule has 0 spiro atoms. The van der Waals surface area contributed by atoms with Gasteiger partial charge >= 0.3 is 0 Å². The van der Waals surface area contributed by atoms with E-state index in [1.165, 1.54) is 12.1 Å². The third-order valence-corrected chi connectivity index (χ3v) is 3.35. The Hall–Kier alpha value is -2.00. The molecule has 0 aliphatic carbocycles. The van der Waals surface area contributed by atoms with Crippen molar-refractivity contribution in [3.63, 3.8) is 0 Å². The minimum absolute atomic E-state index is 0.0316. The van der Waals surface area contributed by atoms with Gasteiger partial charge in [-0.25, -0.2) is 4.39 Å². The zero-order valence-electron chi connectivity index (χ0n) is 11.7. The van der Waals surface area contributed by atoms with E-state index in [-0.39, 0.29) is 24.2 Å².